The van der Waals surface area contributed by atoms with Gasteiger partial charge < -0.3 is 30.0 Å². The maximum atomic E-state index is 11.7. The largest absolute Gasteiger partial charge is 0.369 e. The standard InChI is InChI=1S/C18H39NO8P2/c1-2-3-4-5-6-7-8-9-10-11-12-14-17(20)19-16-13-15-18(21,28(22,23)24)29(25,26)27/h21H,2-16H2,1H3,(H,19,20)(H2,22,23,24)(H2,25,26,27). The Bertz CT molecular complexity index is 524. The monoisotopic (exact) mass is 459 g/mol. The van der Waals surface area contributed by atoms with Gasteiger partial charge in [-0.05, 0) is 12.8 Å². The van der Waals surface area contributed by atoms with Crippen molar-refractivity contribution in [1.29, 1.82) is 0 Å². The van der Waals surface area contributed by atoms with Crippen LogP contribution < -0.4 is 5.32 Å². The third-order valence-corrected chi connectivity index (χ3v) is 8.83. The quantitative estimate of drug-likeness (QED) is 0.134. The van der Waals surface area contributed by atoms with Crippen molar-refractivity contribution in [2.24, 2.45) is 0 Å². The zero-order valence-corrected chi connectivity index (χ0v) is 19.3. The Labute approximate surface area is 174 Å². The van der Waals surface area contributed by atoms with Crippen LogP contribution in [0.1, 0.15) is 96.8 Å². The van der Waals surface area contributed by atoms with E-state index in [-0.39, 0.29) is 18.9 Å². The smallest absolute Gasteiger partial charge is 0.368 e. The maximum absolute atomic E-state index is 11.7. The fourth-order valence-electron chi connectivity index (χ4n) is 3.05. The Balaban J connectivity index is 3.78. The minimum absolute atomic E-state index is 0.0286. The molecule has 29 heavy (non-hydrogen) atoms. The highest BCUT2D eigenvalue weighted by atomic mass is 31.2. The van der Waals surface area contributed by atoms with Crippen LogP contribution in [-0.4, -0.2) is 42.2 Å². The highest BCUT2D eigenvalue weighted by Crippen LogP contribution is 2.69. The predicted molar refractivity (Wildman–Crippen MR) is 112 cm³/mol. The van der Waals surface area contributed by atoms with Crippen molar-refractivity contribution in [1.82, 2.24) is 5.32 Å². The Kier molecular flexibility index (Phi) is 14.5. The Morgan fingerprint density at radius 1 is 0.759 bits per heavy atom. The molecule has 0 aromatic rings. The van der Waals surface area contributed by atoms with Gasteiger partial charge in [0.2, 0.25) is 5.91 Å². The molecule has 0 aliphatic heterocycles. The second-order valence-corrected chi connectivity index (χ2v) is 11.6. The first-order valence-electron chi connectivity index (χ1n) is 10.6. The molecule has 0 spiro atoms. The molecule has 9 nitrogen and oxygen atoms in total. The summed E-state index contributed by atoms with van der Waals surface area (Å²) >= 11 is 0. The van der Waals surface area contributed by atoms with E-state index in [1.54, 1.807) is 0 Å². The summed E-state index contributed by atoms with van der Waals surface area (Å²) < 4.78 is 22.4. The molecule has 0 heterocycles. The van der Waals surface area contributed by atoms with Crippen LogP contribution in [0.25, 0.3) is 0 Å². The fourth-order valence-corrected chi connectivity index (χ4v) is 5.31. The average Bonchev–Trinajstić information content (AvgIpc) is 2.61. The van der Waals surface area contributed by atoms with Gasteiger partial charge in [0.25, 0.3) is 5.08 Å². The molecule has 0 aromatic heterocycles. The highest BCUT2D eigenvalue weighted by Gasteiger charge is 2.58. The molecule has 0 atom stereocenters. The SMILES string of the molecule is CCCCCCCCCCCCCC(=O)NCCCC(O)(P(=O)(O)O)P(=O)(O)O. The zero-order valence-electron chi connectivity index (χ0n) is 17.5. The summed E-state index contributed by atoms with van der Waals surface area (Å²) in [6, 6.07) is 0. The maximum Gasteiger partial charge on any atom is 0.369 e. The lowest BCUT2D eigenvalue weighted by atomic mass is 10.1. The van der Waals surface area contributed by atoms with Gasteiger partial charge in [0, 0.05) is 19.4 Å². The Hall–Kier alpha value is -0.270. The molecular formula is C18H39NO8P2. The van der Waals surface area contributed by atoms with Gasteiger partial charge in [0.05, 0.1) is 0 Å². The number of unbranched alkanes of at least 4 members (excludes halogenated alkanes) is 10. The first-order valence-corrected chi connectivity index (χ1v) is 13.8. The van der Waals surface area contributed by atoms with Gasteiger partial charge in [-0.25, -0.2) is 0 Å². The fraction of sp³-hybridized carbons (Fsp3) is 0.944. The van der Waals surface area contributed by atoms with Gasteiger partial charge >= 0.3 is 15.2 Å². The summed E-state index contributed by atoms with van der Waals surface area (Å²) in [6.07, 6.45) is 12.3. The van der Waals surface area contributed by atoms with Crippen molar-refractivity contribution in [2.45, 2.75) is 102 Å². The average molecular weight is 459 g/mol. The molecule has 174 valence electrons. The number of nitrogens with one attached hydrogen (secondary N) is 1. The van der Waals surface area contributed by atoms with Crippen LogP contribution in [-0.2, 0) is 13.9 Å². The number of amides is 1. The number of carbonyl (C=O) groups is 1. The van der Waals surface area contributed by atoms with Crippen LogP contribution in [0.5, 0.6) is 0 Å². The minimum atomic E-state index is -5.43. The summed E-state index contributed by atoms with van der Waals surface area (Å²) in [6.45, 7) is 2.18. The van der Waals surface area contributed by atoms with Gasteiger partial charge in [-0.3, -0.25) is 13.9 Å². The lowest BCUT2D eigenvalue weighted by molar-refractivity contribution is -0.121. The molecule has 0 unspecified atom stereocenters. The van der Waals surface area contributed by atoms with Crippen LogP contribution in [0.3, 0.4) is 0 Å². The van der Waals surface area contributed by atoms with E-state index >= 15 is 0 Å². The zero-order chi connectivity index (χ0) is 22.4. The van der Waals surface area contributed by atoms with Crippen LogP contribution >= 0.6 is 15.2 Å². The van der Waals surface area contributed by atoms with E-state index in [0.717, 1.165) is 19.3 Å². The summed E-state index contributed by atoms with van der Waals surface area (Å²) in [7, 11) is -10.9. The van der Waals surface area contributed by atoms with Crippen molar-refractivity contribution in [3.8, 4) is 0 Å². The molecule has 0 saturated heterocycles. The number of rotatable bonds is 18. The Morgan fingerprint density at radius 3 is 1.59 bits per heavy atom. The van der Waals surface area contributed by atoms with Gasteiger partial charge in [0.15, 0.2) is 0 Å². The summed E-state index contributed by atoms with van der Waals surface area (Å²) in [5.74, 6) is -0.225. The highest BCUT2D eigenvalue weighted by molar-refractivity contribution is 7.72. The van der Waals surface area contributed by atoms with Crippen molar-refractivity contribution >= 4 is 21.1 Å². The first-order chi connectivity index (χ1) is 13.5. The Morgan fingerprint density at radius 2 is 1.17 bits per heavy atom. The van der Waals surface area contributed by atoms with E-state index in [4.69, 9.17) is 19.6 Å². The van der Waals surface area contributed by atoms with E-state index in [1.807, 2.05) is 0 Å². The van der Waals surface area contributed by atoms with Crippen LogP contribution in [0, 0.1) is 0 Å². The molecule has 0 bridgehead atoms. The number of aliphatic hydroxyl groups is 1. The van der Waals surface area contributed by atoms with Crippen LogP contribution in [0.2, 0.25) is 0 Å². The van der Waals surface area contributed by atoms with Gasteiger partial charge in [-0.15, -0.1) is 0 Å². The molecule has 1 amide bonds. The minimum Gasteiger partial charge on any atom is -0.368 e. The van der Waals surface area contributed by atoms with Crippen LogP contribution in [0.4, 0.5) is 0 Å². The van der Waals surface area contributed by atoms with Crippen molar-refractivity contribution in [3.05, 3.63) is 0 Å². The van der Waals surface area contributed by atoms with Gasteiger partial charge in [-0.2, -0.15) is 0 Å². The van der Waals surface area contributed by atoms with Gasteiger partial charge in [-0.1, -0.05) is 71.1 Å². The van der Waals surface area contributed by atoms with E-state index < -0.39 is 26.7 Å². The van der Waals surface area contributed by atoms with E-state index in [9.17, 15) is 19.0 Å². The molecule has 0 radical (unpaired) electrons. The molecule has 0 rings (SSSR count). The molecule has 6 N–H and O–H groups in total. The van der Waals surface area contributed by atoms with E-state index in [1.165, 1.54) is 51.4 Å². The first kappa shape index (κ1) is 28.7. The van der Waals surface area contributed by atoms with Gasteiger partial charge in [0.1, 0.15) is 0 Å². The molecule has 0 aromatic carbocycles. The number of hydrogen-bond donors (Lipinski definition) is 6. The molecule has 11 heteroatoms. The predicted octanol–water partition coefficient (Wildman–Crippen LogP) is 3.59. The third kappa shape index (κ3) is 12.2. The normalized spacial score (nSPS) is 12.9. The lowest BCUT2D eigenvalue weighted by Crippen LogP contribution is -2.31. The van der Waals surface area contributed by atoms with Crippen molar-refractivity contribution < 1.29 is 38.6 Å². The topological polar surface area (TPSA) is 164 Å². The second kappa shape index (κ2) is 14.7. The van der Waals surface area contributed by atoms with Crippen molar-refractivity contribution in [3.63, 3.8) is 0 Å². The molecule has 0 aliphatic carbocycles. The molecule has 0 aliphatic rings. The van der Waals surface area contributed by atoms with E-state index in [2.05, 4.69) is 12.2 Å². The second-order valence-electron chi connectivity index (χ2n) is 7.60. The third-order valence-electron chi connectivity index (χ3n) is 4.95. The summed E-state index contributed by atoms with van der Waals surface area (Å²) in [5.41, 5.74) is 0. The van der Waals surface area contributed by atoms with Crippen molar-refractivity contribution in [2.75, 3.05) is 6.54 Å². The van der Waals surface area contributed by atoms with Crippen LogP contribution in [0.15, 0.2) is 0 Å². The summed E-state index contributed by atoms with van der Waals surface area (Å²) in [5, 5.41) is 8.85. The lowest BCUT2D eigenvalue weighted by Gasteiger charge is -2.29. The number of hydrogen-bond acceptors (Lipinski definition) is 4. The number of carbonyl (C=O) groups excluding carboxylic acids is 1. The molecule has 0 fully saturated rings. The summed E-state index contributed by atoms with van der Waals surface area (Å²) in [4.78, 5) is 47.9. The molecule has 0 saturated carbocycles. The van der Waals surface area contributed by atoms with E-state index in [0.29, 0.717) is 6.42 Å². The molecular weight excluding hydrogens is 420 g/mol.